The summed E-state index contributed by atoms with van der Waals surface area (Å²) in [6.07, 6.45) is -0.703. The van der Waals surface area contributed by atoms with E-state index in [-0.39, 0.29) is 29.1 Å². The molecule has 0 bridgehead atoms. The summed E-state index contributed by atoms with van der Waals surface area (Å²) in [6.45, 7) is 1.45. The summed E-state index contributed by atoms with van der Waals surface area (Å²) < 4.78 is 0. The average Bonchev–Trinajstić information content (AvgIpc) is 2.72. The Balaban J connectivity index is 1.96. The SMILES string of the molecule is CC(CC(=O)Nc1cccc([N+](=O)[O-])c1)=NNC(=O)Cc1ccc([N+](=O)[O-])cc1[N+](=O)[O-]. The van der Waals surface area contributed by atoms with Gasteiger partial charge >= 0.3 is 0 Å². The standard InChI is InChI=1S/C18H16N6O8/c1-11(7-17(25)19-13-3-2-4-14(9-13)22(27)28)20-21-18(26)8-12-5-6-15(23(29)30)10-16(12)24(31)32/h2-6,9-10H,7-8H2,1H3,(H,19,25)(H,21,26). The molecule has 2 amide bonds. The number of non-ortho nitro benzene ring substituents is 2. The Morgan fingerprint density at radius 1 is 0.906 bits per heavy atom. The van der Waals surface area contributed by atoms with Crippen LogP contribution in [-0.4, -0.2) is 32.3 Å². The quantitative estimate of drug-likeness (QED) is 0.333. The second-order valence-electron chi connectivity index (χ2n) is 6.42. The van der Waals surface area contributed by atoms with Crippen LogP contribution in [0.25, 0.3) is 0 Å². The van der Waals surface area contributed by atoms with Gasteiger partial charge in [-0.15, -0.1) is 0 Å². The summed E-state index contributed by atoms with van der Waals surface area (Å²) in [4.78, 5) is 54.5. The van der Waals surface area contributed by atoms with E-state index in [0.717, 1.165) is 18.2 Å². The molecule has 2 N–H and O–H groups in total. The number of rotatable bonds is 9. The second-order valence-corrected chi connectivity index (χ2v) is 6.42. The van der Waals surface area contributed by atoms with E-state index in [0.29, 0.717) is 0 Å². The van der Waals surface area contributed by atoms with E-state index < -0.39 is 44.4 Å². The number of carbonyl (C=O) groups excluding carboxylic acids is 2. The van der Waals surface area contributed by atoms with Gasteiger partial charge in [0, 0.05) is 35.2 Å². The number of hydrogen-bond donors (Lipinski definition) is 2. The number of hydrogen-bond acceptors (Lipinski definition) is 9. The van der Waals surface area contributed by atoms with Crippen LogP contribution < -0.4 is 10.7 Å². The van der Waals surface area contributed by atoms with Crippen molar-refractivity contribution in [2.45, 2.75) is 19.8 Å². The van der Waals surface area contributed by atoms with Gasteiger partial charge in [-0.2, -0.15) is 5.10 Å². The molecular formula is C18H16N6O8. The van der Waals surface area contributed by atoms with Crippen molar-refractivity contribution in [3.63, 3.8) is 0 Å². The minimum Gasteiger partial charge on any atom is -0.326 e. The van der Waals surface area contributed by atoms with E-state index in [4.69, 9.17) is 0 Å². The van der Waals surface area contributed by atoms with Gasteiger partial charge in [0.1, 0.15) is 0 Å². The molecule has 2 aromatic rings. The van der Waals surface area contributed by atoms with Gasteiger partial charge in [0.25, 0.3) is 17.1 Å². The van der Waals surface area contributed by atoms with Crippen molar-refractivity contribution < 1.29 is 24.4 Å². The molecule has 0 saturated heterocycles. The number of anilines is 1. The molecule has 0 aromatic heterocycles. The first-order valence-corrected chi connectivity index (χ1v) is 8.85. The molecule has 2 rings (SSSR count). The number of carbonyl (C=O) groups is 2. The van der Waals surface area contributed by atoms with Crippen molar-refractivity contribution in [1.82, 2.24) is 5.43 Å². The zero-order valence-corrected chi connectivity index (χ0v) is 16.5. The molecule has 166 valence electrons. The third kappa shape index (κ3) is 6.65. The molecule has 14 heteroatoms. The Morgan fingerprint density at radius 3 is 2.19 bits per heavy atom. The van der Waals surface area contributed by atoms with Gasteiger partial charge in [-0.05, 0) is 19.1 Å². The molecule has 0 aliphatic heterocycles. The number of hydrazone groups is 1. The highest BCUT2D eigenvalue weighted by atomic mass is 16.6. The first kappa shape index (κ1) is 23.5. The number of amides is 2. The predicted molar refractivity (Wildman–Crippen MR) is 111 cm³/mol. The monoisotopic (exact) mass is 444 g/mol. The summed E-state index contributed by atoms with van der Waals surface area (Å²) in [5, 5.41) is 38.8. The van der Waals surface area contributed by atoms with E-state index in [1.807, 2.05) is 0 Å². The maximum absolute atomic E-state index is 12.0. The minimum absolute atomic E-state index is 0.0469. The van der Waals surface area contributed by atoms with Crippen molar-refractivity contribution in [2.75, 3.05) is 5.32 Å². The van der Waals surface area contributed by atoms with Crippen molar-refractivity contribution in [3.05, 3.63) is 78.4 Å². The fraction of sp³-hybridized carbons (Fsp3) is 0.167. The third-order valence-electron chi connectivity index (χ3n) is 3.96. The van der Waals surface area contributed by atoms with E-state index >= 15 is 0 Å². The summed E-state index contributed by atoms with van der Waals surface area (Å²) >= 11 is 0. The number of benzene rings is 2. The molecule has 14 nitrogen and oxygen atoms in total. The van der Waals surface area contributed by atoms with Crippen LogP contribution in [-0.2, 0) is 16.0 Å². The highest BCUT2D eigenvalue weighted by Gasteiger charge is 2.21. The lowest BCUT2D eigenvalue weighted by atomic mass is 10.1. The van der Waals surface area contributed by atoms with E-state index in [1.165, 1.54) is 31.2 Å². The fourth-order valence-electron chi connectivity index (χ4n) is 2.53. The predicted octanol–water partition coefficient (Wildman–Crippen LogP) is 2.47. The average molecular weight is 444 g/mol. The lowest BCUT2D eigenvalue weighted by Gasteiger charge is -2.06. The molecule has 0 atom stereocenters. The molecule has 0 radical (unpaired) electrons. The zero-order chi connectivity index (χ0) is 23.8. The van der Waals surface area contributed by atoms with Crippen molar-refractivity contribution >= 4 is 40.3 Å². The maximum Gasteiger partial charge on any atom is 0.279 e. The molecule has 32 heavy (non-hydrogen) atoms. The van der Waals surface area contributed by atoms with Crippen LogP contribution in [0, 0.1) is 30.3 Å². The summed E-state index contributed by atoms with van der Waals surface area (Å²) in [6, 6.07) is 8.25. The Morgan fingerprint density at radius 2 is 1.56 bits per heavy atom. The minimum atomic E-state index is -0.831. The smallest absolute Gasteiger partial charge is 0.279 e. The highest BCUT2D eigenvalue weighted by molar-refractivity contribution is 6.05. The topological polar surface area (TPSA) is 200 Å². The van der Waals surface area contributed by atoms with Crippen LogP contribution in [0.3, 0.4) is 0 Å². The van der Waals surface area contributed by atoms with E-state index in [2.05, 4.69) is 15.8 Å². The van der Waals surface area contributed by atoms with Gasteiger partial charge in [0.05, 0.1) is 33.7 Å². The molecule has 0 heterocycles. The van der Waals surface area contributed by atoms with Crippen LogP contribution in [0.4, 0.5) is 22.7 Å². The Bertz CT molecular complexity index is 1130. The summed E-state index contributed by atoms with van der Waals surface area (Å²) in [7, 11) is 0. The Kier molecular flexibility index (Phi) is 7.60. The normalized spacial score (nSPS) is 10.8. The number of nitrogens with zero attached hydrogens (tertiary/aromatic N) is 4. The fourth-order valence-corrected chi connectivity index (χ4v) is 2.53. The Labute approximate surface area is 179 Å². The van der Waals surface area contributed by atoms with Crippen LogP contribution in [0.5, 0.6) is 0 Å². The molecule has 0 spiro atoms. The lowest BCUT2D eigenvalue weighted by Crippen LogP contribution is -2.23. The van der Waals surface area contributed by atoms with Gasteiger partial charge in [-0.25, -0.2) is 5.43 Å². The molecule has 0 fully saturated rings. The van der Waals surface area contributed by atoms with Crippen LogP contribution >= 0.6 is 0 Å². The van der Waals surface area contributed by atoms with Crippen LogP contribution in [0.15, 0.2) is 47.6 Å². The molecule has 0 aliphatic carbocycles. The van der Waals surface area contributed by atoms with Crippen molar-refractivity contribution in [1.29, 1.82) is 0 Å². The number of nitro benzene ring substituents is 3. The first-order valence-electron chi connectivity index (χ1n) is 8.85. The maximum atomic E-state index is 12.0. The number of nitrogens with one attached hydrogen (secondary N) is 2. The highest BCUT2D eigenvalue weighted by Crippen LogP contribution is 2.25. The Hall–Kier alpha value is -4.75. The lowest BCUT2D eigenvalue weighted by molar-refractivity contribution is -0.394. The van der Waals surface area contributed by atoms with Gasteiger partial charge in [0.15, 0.2) is 0 Å². The van der Waals surface area contributed by atoms with Crippen LogP contribution in [0.1, 0.15) is 18.9 Å². The molecule has 2 aromatic carbocycles. The number of nitro groups is 3. The largest absolute Gasteiger partial charge is 0.326 e. The molecule has 0 unspecified atom stereocenters. The molecule has 0 saturated carbocycles. The molecule has 0 aliphatic rings. The van der Waals surface area contributed by atoms with E-state index in [1.54, 1.807) is 0 Å². The molecular weight excluding hydrogens is 428 g/mol. The third-order valence-corrected chi connectivity index (χ3v) is 3.96. The van der Waals surface area contributed by atoms with E-state index in [9.17, 15) is 39.9 Å². The van der Waals surface area contributed by atoms with Gasteiger partial charge < -0.3 is 5.32 Å². The van der Waals surface area contributed by atoms with Crippen molar-refractivity contribution in [3.8, 4) is 0 Å². The second kappa shape index (κ2) is 10.3. The van der Waals surface area contributed by atoms with Gasteiger partial charge in [-0.1, -0.05) is 6.07 Å². The van der Waals surface area contributed by atoms with Gasteiger partial charge in [-0.3, -0.25) is 39.9 Å². The van der Waals surface area contributed by atoms with Crippen molar-refractivity contribution in [2.24, 2.45) is 5.10 Å². The van der Waals surface area contributed by atoms with Gasteiger partial charge in [0.2, 0.25) is 11.8 Å². The summed E-state index contributed by atoms with van der Waals surface area (Å²) in [5.41, 5.74) is 1.26. The summed E-state index contributed by atoms with van der Waals surface area (Å²) in [5.74, 6) is -1.27. The van der Waals surface area contributed by atoms with Crippen LogP contribution in [0.2, 0.25) is 0 Å². The zero-order valence-electron chi connectivity index (χ0n) is 16.5. The first-order chi connectivity index (χ1) is 15.1.